The molecular weight excluding hydrogens is 468 g/mol. The molecule has 196 valence electrons. The first kappa shape index (κ1) is 26.4. The zero-order valence-electron chi connectivity index (χ0n) is 21.5. The highest BCUT2D eigenvalue weighted by Crippen LogP contribution is 2.16. The number of benzene rings is 2. The first-order chi connectivity index (χ1) is 18.1. The second kappa shape index (κ2) is 13.6. The fraction of sp³-hybridized carbons (Fsp3) is 0.379. The van der Waals surface area contributed by atoms with Gasteiger partial charge < -0.3 is 24.3 Å². The smallest absolute Gasteiger partial charge is 0.322 e. The average molecular weight is 505 g/mol. The number of morpholine rings is 1. The molecule has 1 fully saturated rings. The first-order valence-electron chi connectivity index (χ1n) is 12.8. The minimum atomic E-state index is -0.276. The number of hydrogen-bond acceptors (Lipinski definition) is 5. The molecule has 4 rings (SSSR count). The topological polar surface area (TPSA) is 78.3 Å². The molecule has 0 unspecified atom stereocenters. The summed E-state index contributed by atoms with van der Waals surface area (Å²) in [5.74, 6) is 0.569. The van der Waals surface area contributed by atoms with Crippen molar-refractivity contribution in [2.45, 2.75) is 26.4 Å². The summed E-state index contributed by atoms with van der Waals surface area (Å²) < 4.78 is 11.0. The number of furan rings is 1. The average Bonchev–Trinajstić information content (AvgIpc) is 3.43. The van der Waals surface area contributed by atoms with Crippen LogP contribution in [0.2, 0.25) is 0 Å². The molecule has 0 bridgehead atoms. The molecule has 2 aromatic carbocycles. The molecule has 3 aromatic rings. The van der Waals surface area contributed by atoms with Crippen molar-refractivity contribution in [3.63, 3.8) is 0 Å². The molecule has 2 heterocycles. The fourth-order valence-electron chi connectivity index (χ4n) is 4.36. The third kappa shape index (κ3) is 8.20. The third-order valence-corrected chi connectivity index (χ3v) is 6.50. The lowest BCUT2D eigenvalue weighted by molar-refractivity contribution is -0.133. The van der Waals surface area contributed by atoms with E-state index in [1.807, 2.05) is 73.7 Å². The van der Waals surface area contributed by atoms with Gasteiger partial charge in [0.05, 0.1) is 26.0 Å². The highest BCUT2D eigenvalue weighted by Gasteiger charge is 2.23. The minimum Gasteiger partial charge on any atom is -0.467 e. The van der Waals surface area contributed by atoms with E-state index in [0.717, 1.165) is 56.1 Å². The predicted molar refractivity (Wildman–Crippen MR) is 143 cm³/mol. The van der Waals surface area contributed by atoms with Crippen LogP contribution in [-0.4, -0.2) is 72.6 Å². The maximum Gasteiger partial charge on any atom is 0.322 e. The van der Waals surface area contributed by atoms with Gasteiger partial charge in [-0.05, 0) is 42.7 Å². The summed E-state index contributed by atoms with van der Waals surface area (Å²) in [5.41, 5.74) is 2.74. The van der Waals surface area contributed by atoms with Crippen LogP contribution < -0.4 is 5.32 Å². The standard InChI is InChI=1S/C29H36N4O4/c1-24-9-5-6-13-27(24)30-29(35)32(15-8-14-31-16-19-36-20-17-31)23-28(34)33(22-26-12-7-18-37-26)21-25-10-3-2-4-11-25/h2-7,9-13,18H,8,14-17,19-23H2,1H3,(H,30,35). The van der Waals surface area contributed by atoms with Gasteiger partial charge in [-0.1, -0.05) is 48.5 Å². The van der Waals surface area contributed by atoms with Crippen LogP contribution in [0.1, 0.15) is 23.3 Å². The second-order valence-electron chi connectivity index (χ2n) is 9.29. The molecule has 1 saturated heterocycles. The molecular formula is C29H36N4O4. The van der Waals surface area contributed by atoms with Gasteiger partial charge in [-0.3, -0.25) is 9.69 Å². The van der Waals surface area contributed by atoms with E-state index in [1.54, 1.807) is 16.1 Å². The lowest BCUT2D eigenvalue weighted by Gasteiger charge is -2.30. The van der Waals surface area contributed by atoms with Crippen LogP contribution in [0.4, 0.5) is 10.5 Å². The minimum absolute atomic E-state index is 0.0195. The van der Waals surface area contributed by atoms with Crippen LogP contribution in [0.25, 0.3) is 0 Å². The number of nitrogens with one attached hydrogen (secondary N) is 1. The SMILES string of the molecule is Cc1ccccc1NC(=O)N(CCCN1CCOCC1)CC(=O)N(Cc1ccccc1)Cc1ccco1. The highest BCUT2D eigenvalue weighted by atomic mass is 16.5. The first-order valence-corrected chi connectivity index (χ1v) is 12.8. The Hall–Kier alpha value is -3.62. The number of ether oxygens (including phenoxy) is 1. The number of hydrogen-bond donors (Lipinski definition) is 1. The van der Waals surface area contributed by atoms with E-state index in [1.165, 1.54) is 0 Å². The molecule has 1 N–H and O–H groups in total. The van der Waals surface area contributed by atoms with Crippen molar-refractivity contribution in [3.05, 3.63) is 89.9 Å². The van der Waals surface area contributed by atoms with E-state index in [2.05, 4.69) is 10.2 Å². The van der Waals surface area contributed by atoms with E-state index < -0.39 is 0 Å². The molecule has 8 heteroatoms. The van der Waals surface area contributed by atoms with Crippen molar-refractivity contribution in [2.75, 3.05) is 51.3 Å². The van der Waals surface area contributed by atoms with Gasteiger partial charge in [-0.15, -0.1) is 0 Å². The molecule has 0 aliphatic carbocycles. The van der Waals surface area contributed by atoms with Gasteiger partial charge in [0.2, 0.25) is 5.91 Å². The molecule has 3 amide bonds. The lowest BCUT2D eigenvalue weighted by atomic mass is 10.2. The normalized spacial score (nSPS) is 13.8. The maximum atomic E-state index is 13.6. The predicted octanol–water partition coefficient (Wildman–Crippen LogP) is 4.37. The van der Waals surface area contributed by atoms with Crippen molar-refractivity contribution < 1.29 is 18.7 Å². The monoisotopic (exact) mass is 504 g/mol. The number of nitrogens with zero attached hydrogens (tertiary/aromatic N) is 3. The Bertz CT molecular complexity index is 1110. The van der Waals surface area contributed by atoms with Gasteiger partial charge in [0.25, 0.3) is 0 Å². The molecule has 0 atom stereocenters. The summed E-state index contributed by atoms with van der Waals surface area (Å²) in [5, 5.41) is 3.00. The van der Waals surface area contributed by atoms with Crippen molar-refractivity contribution in [1.29, 1.82) is 0 Å². The maximum absolute atomic E-state index is 13.6. The van der Waals surface area contributed by atoms with E-state index in [4.69, 9.17) is 9.15 Å². The van der Waals surface area contributed by atoms with Gasteiger partial charge in [0.15, 0.2) is 0 Å². The van der Waals surface area contributed by atoms with Crippen molar-refractivity contribution in [2.24, 2.45) is 0 Å². The van der Waals surface area contributed by atoms with E-state index in [0.29, 0.717) is 25.4 Å². The van der Waals surface area contributed by atoms with Crippen LogP contribution in [0.5, 0.6) is 0 Å². The summed E-state index contributed by atoms with van der Waals surface area (Å²) in [4.78, 5) is 32.7. The fourth-order valence-corrected chi connectivity index (χ4v) is 4.36. The number of rotatable bonds is 11. The number of carbonyl (C=O) groups is 2. The summed E-state index contributed by atoms with van der Waals surface area (Å²) in [6.07, 6.45) is 2.37. The number of para-hydroxylation sites is 1. The highest BCUT2D eigenvalue weighted by molar-refractivity contribution is 5.93. The quantitative estimate of drug-likeness (QED) is 0.420. The largest absolute Gasteiger partial charge is 0.467 e. The molecule has 0 saturated carbocycles. The summed E-state index contributed by atoms with van der Waals surface area (Å²) in [6.45, 7) is 7.28. The molecule has 1 aliphatic heterocycles. The van der Waals surface area contributed by atoms with Gasteiger partial charge >= 0.3 is 6.03 Å². The van der Waals surface area contributed by atoms with Crippen LogP contribution >= 0.6 is 0 Å². The van der Waals surface area contributed by atoms with E-state index in [-0.39, 0.29) is 18.5 Å². The molecule has 0 radical (unpaired) electrons. The van der Waals surface area contributed by atoms with Crippen LogP contribution in [-0.2, 0) is 22.6 Å². The molecule has 1 aromatic heterocycles. The number of aryl methyl sites for hydroxylation is 1. The lowest BCUT2D eigenvalue weighted by Crippen LogP contribution is -2.45. The Balaban J connectivity index is 1.46. The van der Waals surface area contributed by atoms with Crippen LogP contribution in [0, 0.1) is 6.92 Å². The zero-order chi connectivity index (χ0) is 25.9. The Morgan fingerprint density at radius 3 is 2.41 bits per heavy atom. The Labute approximate surface area is 218 Å². The molecule has 1 aliphatic rings. The van der Waals surface area contributed by atoms with E-state index >= 15 is 0 Å². The Kier molecular flexibility index (Phi) is 9.74. The third-order valence-electron chi connectivity index (χ3n) is 6.50. The zero-order valence-corrected chi connectivity index (χ0v) is 21.5. The molecule has 37 heavy (non-hydrogen) atoms. The van der Waals surface area contributed by atoms with Gasteiger partial charge in [0, 0.05) is 38.4 Å². The second-order valence-corrected chi connectivity index (χ2v) is 9.29. The van der Waals surface area contributed by atoms with E-state index in [9.17, 15) is 9.59 Å². The van der Waals surface area contributed by atoms with Gasteiger partial charge in [-0.2, -0.15) is 0 Å². The van der Waals surface area contributed by atoms with Crippen molar-refractivity contribution >= 4 is 17.6 Å². The number of urea groups is 1. The molecule has 8 nitrogen and oxygen atoms in total. The number of amides is 3. The van der Waals surface area contributed by atoms with Gasteiger partial charge in [-0.25, -0.2) is 4.79 Å². The summed E-state index contributed by atoms with van der Waals surface area (Å²) >= 11 is 0. The van der Waals surface area contributed by atoms with Crippen molar-refractivity contribution in [1.82, 2.24) is 14.7 Å². The van der Waals surface area contributed by atoms with Crippen LogP contribution in [0.3, 0.4) is 0 Å². The Morgan fingerprint density at radius 2 is 1.68 bits per heavy atom. The summed E-state index contributed by atoms with van der Waals surface area (Å²) in [7, 11) is 0. The summed E-state index contributed by atoms with van der Waals surface area (Å²) in [6, 6.07) is 20.9. The van der Waals surface area contributed by atoms with Crippen molar-refractivity contribution in [3.8, 4) is 0 Å². The van der Waals surface area contributed by atoms with Crippen LogP contribution in [0.15, 0.2) is 77.4 Å². The number of anilines is 1. The molecule has 0 spiro atoms. The Morgan fingerprint density at radius 1 is 0.919 bits per heavy atom. The number of carbonyl (C=O) groups excluding carboxylic acids is 2. The van der Waals surface area contributed by atoms with Gasteiger partial charge in [0.1, 0.15) is 12.3 Å².